The third-order valence-electron chi connectivity index (χ3n) is 5.77. The number of rotatable bonds is 6. The zero-order chi connectivity index (χ0) is 18.5. The molecule has 0 unspecified atom stereocenters. The molecular weight excluding hydrogens is 332 g/mol. The van der Waals surface area contributed by atoms with Crippen LogP contribution in [0.3, 0.4) is 0 Å². The Morgan fingerprint density at radius 2 is 1.81 bits per heavy atom. The summed E-state index contributed by atoms with van der Waals surface area (Å²) in [6.45, 7) is 1.03. The smallest absolute Gasteiger partial charge is 0.140 e. The molecule has 3 aromatic rings. The second kappa shape index (κ2) is 8.43. The van der Waals surface area contributed by atoms with Crippen LogP contribution in [0.25, 0.3) is 22.5 Å². The first-order valence-corrected chi connectivity index (χ1v) is 10.1. The van der Waals surface area contributed by atoms with Crippen molar-refractivity contribution in [1.82, 2.24) is 9.55 Å². The molecule has 27 heavy (non-hydrogen) atoms. The molecule has 1 fully saturated rings. The largest absolute Gasteiger partial charge is 0.497 e. The van der Waals surface area contributed by atoms with E-state index in [0.29, 0.717) is 0 Å². The maximum absolute atomic E-state index is 5.50. The summed E-state index contributed by atoms with van der Waals surface area (Å²) in [4.78, 5) is 4.72. The van der Waals surface area contributed by atoms with E-state index < -0.39 is 0 Å². The highest BCUT2D eigenvalue weighted by atomic mass is 16.5. The molecule has 140 valence electrons. The van der Waals surface area contributed by atoms with Gasteiger partial charge in [0, 0.05) is 24.5 Å². The maximum atomic E-state index is 5.50. The summed E-state index contributed by atoms with van der Waals surface area (Å²) < 4.78 is 7.82. The van der Waals surface area contributed by atoms with E-state index in [1.807, 2.05) is 12.3 Å². The van der Waals surface area contributed by atoms with Crippen LogP contribution in [0.1, 0.15) is 38.5 Å². The number of nitrogens with zero attached hydrogens (tertiary/aromatic N) is 2. The summed E-state index contributed by atoms with van der Waals surface area (Å²) in [5, 5.41) is 0. The lowest BCUT2D eigenvalue weighted by Gasteiger charge is -2.22. The van der Waals surface area contributed by atoms with Gasteiger partial charge in [-0.2, -0.15) is 0 Å². The topological polar surface area (TPSA) is 27.1 Å². The van der Waals surface area contributed by atoms with Crippen molar-refractivity contribution >= 4 is 0 Å². The Morgan fingerprint density at radius 3 is 2.59 bits per heavy atom. The van der Waals surface area contributed by atoms with E-state index in [-0.39, 0.29) is 0 Å². The molecule has 0 saturated heterocycles. The molecule has 1 heterocycles. The van der Waals surface area contributed by atoms with Crippen molar-refractivity contribution in [3.8, 4) is 28.3 Å². The number of aromatic nitrogens is 2. The van der Waals surface area contributed by atoms with Crippen molar-refractivity contribution in [3.05, 3.63) is 60.9 Å². The minimum Gasteiger partial charge on any atom is -0.497 e. The Kier molecular flexibility index (Phi) is 5.57. The van der Waals surface area contributed by atoms with Crippen molar-refractivity contribution in [2.75, 3.05) is 7.11 Å². The molecule has 0 atom stereocenters. The predicted molar refractivity (Wildman–Crippen MR) is 111 cm³/mol. The van der Waals surface area contributed by atoms with E-state index in [0.717, 1.165) is 29.6 Å². The van der Waals surface area contributed by atoms with Crippen molar-refractivity contribution in [3.63, 3.8) is 0 Å². The lowest BCUT2D eigenvalue weighted by Crippen LogP contribution is -2.10. The summed E-state index contributed by atoms with van der Waals surface area (Å²) in [5.74, 6) is 2.77. The first-order chi connectivity index (χ1) is 13.3. The normalized spacial score (nSPS) is 15.0. The lowest BCUT2D eigenvalue weighted by atomic mass is 9.87. The van der Waals surface area contributed by atoms with E-state index in [1.54, 1.807) is 7.11 Å². The Balaban J connectivity index is 1.65. The average molecular weight is 361 g/mol. The van der Waals surface area contributed by atoms with Crippen LogP contribution in [0.5, 0.6) is 5.75 Å². The van der Waals surface area contributed by atoms with Crippen LogP contribution >= 0.6 is 0 Å². The van der Waals surface area contributed by atoms with Gasteiger partial charge >= 0.3 is 0 Å². The van der Waals surface area contributed by atoms with E-state index in [1.165, 1.54) is 49.7 Å². The van der Waals surface area contributed by atoms with E-state index in [2.05, 4.69) is 53.2 Å². The molecule has 0 bridgehead atoms. The number of benzene rings is 2. The molecule has 0 amide bonds. The van der Waals surface area contributed by atoms with Gasteiger partial charge in [-0.1, -0.05) is 62.4 Å². The van der Waals surface area contributed by atoms with Gasteiger partial charge in [0.1, 0.15) is 11.6 Å². The summed E-state index contributed by atoms with van der Waals surface area (Å²) in [6, 6.07) is 16.8. The molecule has 0 radical (unpaired) electrons. The predicted octanol–water partition coefficient (Wildman–Crippen LogP) is 6.20. The van der Waals surface area contributed by atoms with Gasteiger partial charge in [-0.15, -0.1) is 0 Å². The number of hydrogen-bond donors (Lipinski definition) is 0. The van der Waals surface area contributed by atoms with Gasteiger partial charge in [0.05, 0.1) is 7.11 Å². The average Bonchev–Trinajstić information content (AvgIpc) is 3.22. The molecule has 3 nitrogen and oxygen atoms in total. The molecule has 2 aromatic carbocycles. The Bertz CT molecular complexity index is 863. The number of imidazole rings is 1. The molecule has 0 spiro atoms. The van der Waals surface area contributed by atoms with Crippen LogP contribution in [0.15, 0.2) is 60.9 Å². The molecule has 0 N–H and O–H groups in total. The summed E-state index contributed by atoms with van der Waals surface area (Å²) >= 11 is 0. The maximum Gasteiger partial charge on any atom is 0.140 e. The standard InChI is InChI=1S/C24H28N2O/c1-27-21-12-13-22(20-10-6-3-7-11-20)23(18-21)24-25-15-17-26(24)16-14-19-8-4-2-5-9-19/h3,6-7,10-13,15,17-19H,2,4-5,8-9,14,16H2,1H3. The van der Waals surface area contributed by atoms with Crippen LogP contribution in [-0.2, 0) is 6.54 Å². The van der Waals surface area contributed by atoms with Crippen LogP contribution in [0.2, 0.25) is 0 Å². The SMILES string of the molecule is COc1ccc(-c2ccccc2)c(-c2nccn2CCC2CCCCC2)c1. The van der Waals surface area contributed by atoms with Gasteiger partial charge in [0.2, 0.25) is 0 Å². The van der Waals surface area contributed by atoms with Gasteiger partial charge in [0.25, 0.3) is 0 Å². The summed E-state index contributed by atoms with van der Waals surface area (Å²) in [7, 11) is 1.72. The zero-order valence-corrected chi connectivity index (χ0v) is 16.1. The van der Waals surface area contributed by atoms with Crippen molar-refractivity contribution in [1.29, 1.82) is 0 Å². The number of aryl methyl sites for hydroxylation is 1. The lowest BCUT2D eigenvalue weighted by molar-refractivity contribution is 0.324. The fourth-order valence-electron chi connectivity index (χ4n) is 4.24. The van der Waals surface area contributed by atoms with Gasteiger partial charge in [-0.05, 0) is 41.7 Å². The fraction of sp³-hybridized carbons (Fsp3) is 0.375. The second-order valence-corrected chi connectivity index (χ2v) is 7.51. The van der Waals surface area contributed by atoms with Crippen molar-refractivity contribution < 1.29 is 4.74 Å². The van der Waals surface area contributed by atoms with Gasteiger partial charge in [-0.25, -0.2) is 4.98 Å². The van der Waals surface area contributed by atoms with Crippen molar-refractivity contribution in [2.24, 2.45) is 5.92 Å². The molecule has 1 aliphatic rings. The number of methoxy groups -OCH3 is 1. The molecule has 3 heteroatoms. The highest BCUT2D eigenvalue weighted by molar-refractivity contribution is 5.81. The van der Waals surface area contributed by atoms with E-state index >= 15 is 0 Å². The molecule has 0 aliphatic heterocycles. The van der Waals surface area contributed by atoms with Crippen LogP contribution in [0, 0.1) is 5.92 Å². The van der Waals surface area contributed by atoms with Crippen LogP contribution < -0.4 is 4.74 Å². The Hall–Kier alpha value is -2.55. The fourth-order valence-corrected chi connectivity index (χ4v) is 4.24. The van der Waals surface area contributed by atoms with Crippen LogP contribution in [-0.4, -0.2) is 16.7 Å². The minimum absolute atomic E-state index is 0.867. The zero-order valence-electron chi connectivity index (χ0n) is 16.1. The van der Waals surface area contributed by atoms with Crippen molar-refractivity contribution in [2.45, 2.75) is 45.1 Å². The highest BCUT2D eigenvalue weighted by Crippen LogP contribution is 2.35. The molecule has 1 aromatic heterocycles. The third kappa shape index (κ3) is 4.08. The van der Waals surface area contributed by atoms with Gasteiger partial charge in [-0.3, -0.25) is 0 Å². The minimum atomic E-state index is 0.867. The molecule has 4 rings (SSSR count). The first kappa shape index (κ1) is 17.8. The van der Waals surface area contributed by atoms with Gasteiger partial charge < -0.3 is 9.30 Å². The Labute approximate surface area is 162 Å². The molecular formula is C24H28N2O. The van der Waals surface area contributed by atoms with E-state index in [9.17, 15) is 0 Å². The van der Waals surface area contributed by atoms with Crippen LogP contribution in [0.4, 0.5) is 0 Å². The first-order valence-electron chi connectivity index (χ1n) is 10.1. The highest BCUT2D eigenvalue weighted by Gasteiger charge is 2.17. The monoisotopic (exact) mass is 360 g/mol. The summed E-state index contributed by atoms with van der Waals surface area (Å²) in [6.07, 6.45) is 12.3. The Morgan fingerprint density at radius 1 is 1.00 bits per heavy atom. The number of ether oxygens (including phenoxy) is 1. The molecule has 1 aliphatic carbocycles. The van der Waals surface area contributed by atoms with Gasteiger partial charge in [0.15, 0.2) is 0 Å². The van der Waals surface area contributed by atoms with E-state index in [4.69, 9.17) is 9.72 Å². The number of hydrogen-bond acceptors (Lipinski definition) is 2. The summed E-state index contributed by atoms with van der Waals surface area (Å²) in [5.41, 5.74) is 3.53. The quantitative estimate of drug-likeness (QED) is 0.523. The second-order valence-electron chi connectivity index (χ2n) is 7.51. The molecule has 1 saturated carbocycles. The third-order valence-corrected chi connectivity index (χ3v) is 5.77.